The molecule has 0 spiro atoms. The van der Waals surface area contributed by atoms with Gasteiger partial charge in [0.25, 0.3) is 0 Å². The average molecular weight is 270 g/mol. The molecule has 0 atom stereocenters. The normalized spacial score (nSPS) is 12.4. The third-order valence-electron chi connectivity index (χ3n) is 2.29. The molecule has 98 valence electrons. The highest BCUT2D eigenvalue weighted by molar-refractivity contribution is 6.70. The molecule has 0 saturated heterocycles. The summed E-state index contributed by atoms with van der Waals surface area (Å²) in [5.74, 6) is 0.0968. The highest BCUT2D eigenvalue weighted by atomic mass is 35.5. The fourth-order valence-electron chi connectivity index (χ4n) is 1.17. The molecule has 0 saturated carbocycles. The van der Waals surface area contributed by atoms with Gasteiger partial charge in [-0.1, -0.05) is 11.6 Å². The third-order valence-corrected chi connectivity index (χ3v) is 2.58. The van der Waals surface area contributed by atoms with Crippen LogP contribution in [0.25, 0.3) is 0 Å². The molecule has 1 rings (SSSR count). The molecule has 0 radical (unpaired) electrons. The first-order chi connectivity index (χ1) is 8.27. The maximum Gasteiger partial charge on any atom is 0.316 e. The molecule has 0 aliphatic heterocycles. The Morgan fingerprint density at radius 1 is 1.56 bits per heavy atom. The number of rotatable bonds is 3. The zero-order chi connectivity index (χ0) is 13.9. The quantitative estimate of drug-likeness (QED) is 0.503. The summed E-state index contributed by atoms with van der Waals surface area (Å²) in [7, 11) is 0. The summed E-state index contributed by atoms with van der Waals surface area (Å²) in [5, 5.41) is 7.01. The van der Waals surface area contributed by atoms with Crippen LogP contribution in [0.1, 0.15) is 32.0 Å². The first-order valence-electron chi connectivity index (χ1n) is 5.40. The van der Waals surface area contributed by atoms with Crippen molar-refractivity contribution < 1.29 is 9.53 Å². The molecule has 2 N–H and O–H groups in total. The molecule has 1 heterocycles. The number of esters is 1. The van der Waals surface area contributed by atoms with Gasteiger partial charge in [0.1, 0.15) is 6.34 Å². The lowest BCUT2D eigenvalue weighted by molar-refractivity contribution is -0.143. The fraction of sp³-hybridized carbons (Fsp3) is 0.417. The van der Waals surface area contributed by atoms with Gasteiger partial charge in [-0.3, -0.25) is 10.2 Å². The predicted octanol–water partition coefficient (Wildman–Crippen LogP) is 2.87. The van der Waals surface area contributed by atoms with E-state index in [1.54, 1.807) is 33.9 Å². The van der Waals surface area contributed by atoms with Crippen LogP contribution in [0.15, 0.2) is 11.2 Å². The predicted molar refractivity (Wildman–Crippen MR) is 71.8 cm³/mol. The Morgan fingerprint density at radius 2 is 2.17 bits per heavy atom. The monoisotopic (exact) mass is 269 g/mol. The maximum atomic E-state index is 11.8. The van der Waals surface area contributed by atoms with Gasteiger partial charge in [0.15, 0.2) is 10.9 Å². The van der Waals surface area contributed by atoms with Crippen molar-refractivity contribution >= 4 is 29.1 Å². The Labute approximate surface area is 111 Å². The van der Waals surface area contributed by atoms with E-state index in [1.165, 1.54) is 0 Å². The number of ether oxygens (including phenoxy) is 1. The molecule has 0 aromatic carbocycles. The maximum absolute atomic E-state index is 11.8. The number of nitrogens with zero attached hydrogens (tertiary/aromatic N) is 1. The summed E-state index contributed by atoms with van der Waals surface area (Å²) < 4.78 is 5.28. The third kappa shape index (κ3) is 3.20. The molecule has 0 unspecified atom stereocenters. The number of carbonyl (C=O) groups is 1. The van der Waals surface area contributed by atoms with Crippen molar-refractivity contribution in [3.63, 3.8) is 0 Å². The number of aromatic amines is 1. The highest BCUT2D eigenvalue weighted by Crippen LogP contribution is 2.25. The van der Waals surface area contributed by atoms with Crippen molar-refractivity contribution in [2.75, 3.05) is 0 Å². The molecule has 0 bridgehead atoms. The van der Waals surface area contributed by atoms with Crippen LogP contribution in [0.5, 0.6) is 5.75 Å². The molecule has 5 nitrogen and oxygen atoms in total. The first-order valence-corrected chi connectivity index (χ1v) is 5.78. The molecule has 1 aromatic rings. The van der Waals surface area contributed by atoms with Crippen LogP contribution in [-0.2, 0) is 4.79 Å². The van der Waals surface area contributed by atoms with Gasteiger partial charge in [-0.15, -0.1) is 0 Å². The molecule has 6 heteroatoms. The minimum atomic E-state index is -0.573. The summed E-state index contributed by atoms with van der Waals surface area (Å²) in [6.45, 7) is 7.10. The molecule has 1 aromatic heterocycles. The second-order valence-electron chi connectivity index (χ2n) is 4.84. The summed E-state index contributed by atoms with van der Waals surface area (Å²) >= 11 is 5.88. The summed E-state index contributed by atoms with van der Waals surface area (Å²) in [6.07, 6.45) is 2.40. The van der Waals surface area contributed by atoms with Gasteiger partial charge >= 0.3 is 5.97 Å². The van der Waals surface area contributed by atoms with E-state index in [0.717, 1.165) is 6.34 Å². The topological polar surface area (TPSA) is 78.3 Å². The first kappa shape index (κ1) is 14.4. The van der Waals surface area contributed by atoms with E-state index in [9.17, 15) is 4.79 Å². The minimum absolute atomic E-state index is 0.153. The zero-order valence-corrected chi connectivity index (χ0v) is 11.6. The van der Waals surface area contributed by atoms with E-state index < -0.39 is 5.41 Å². The van der Waals surface area contributed by atoms with Crippen LogP contribution < -0.4 is 4.74 Å². The smallest absolute Gasteiger partial charge is 0.316 e. The Morgan fingerprint density at radius 3 is 2.67 bits per heavy atom. The molecule has 0 amide bonds. The number of halogens is 1. The van der Waals surface area contributed by atoms with E-state index in [4.69, 9.17) is 21.7 Å². The molecule has 0 fully saturated rings. The van der Waals surface area contributed by atoms with Crippen LogP contribution in [0.3, 0.4) is 0 Å². The van der Waals surface area contributed by atoms with Gasteiger partial charge in [-0.05, 0) is 27.7 Å². The average Bonchev–Trinajstić information content (AvgIpc) is 2.59. The van der Waals surface area contributed by atoms with Crippen LogP contribution in [0.2, 0.25) is 0 Å². The molecular weight excluding hydrogens is 254 g/mol. The highest BCUT2D eigenvalue weighted by Gasteiger charge is 2.25. The summed E-state index contributed by atoms with van der Waals surface area (Å²) in [5.41, 5.74) is 0.650. The number of nitrogens with one attached hydrogen (secondary N) is 2. The zero-order valence-electron chi connectivity index (χ0n) is 10.8. The van der Waals surface area contributed by atoms with Crippen molar-refractivity contribution in [1.82, 2.24) is 4.98 Å². The van der Waals surface area contributed by atoms with Gasteiger partial charge in [0, 0.05) is 11.8 Å². The van der Waals surface area contributed by atoms with Crippen molar-refractivity contribution in [2.24, 2.45) is 10.4 Å². The lowest BCUT2D eigenvalue weighted by atomic mass is 9.97. The van der Waals surface area contributed by atoms with E-state index in [1.807, 2.05) is 0 Å². The Hall–Kier alpha value is -1.62. The van der Waals surface area contributed by atoms with Crippen molar-refractivity contribution in [3.8, 4) is 5.75 Å². The summed E-state index contributed by atoms with van der Waals surface area (Å²) in [6, 6.07) is 0. The number of aliphatic imine (C=N–C) groups is 1. The van der Waals surface area contributed by atoms with Crippen LogP contribution >= 0.6 is 11.6 Å². The largest absolute Gasteiger partial charge is 0.424 e. The van der Waals surface area contributed by atoms with Crippen molar-refractivity contribution in [2.45, 2.75) is 27.7 Å². The Kier molecular flexibility index (Phi) is 4.29. The summed E-state index contributed by atoms with van der Waals surface area (Å²) in [4.78, 5) is 18.3. The lowest BCUT2D eigenvalue weighted by Crippen LogP contribution is -2.25. The van der Waals surface area contributed by atoms with E-state index in [-0.39, 0.29) is 11.1 Å². The second-order valence-corrected chi connectivity index (χ2v) is 5.20. The molecule has 18 heavy (non-hydrogen) atoms. The van der Waals surface area contributed by atoms with E-state index in [0.29, 0.717) is 17.0 Å². The fourth-order valence-corrected chi connectivity index (χ4v) is 1.42. The molecular formula is C12H16ClN3O2. The van der Waals surface area contributed by atoms with Crippen LogP contribution in [-0.4, -0.2) is 22.5 Å². The van der Waals surface area contributed by atoms with E-state index in [2.05, 4.69) is 9.98 Å². The minimum Gasteiger partial charge on any atom is -0.424 e. The molecule has 0 aliphatic carbocycles. The van der Waals surface area contributed by atoms with Crippen LogP contribution in [0, 0.1) is 17.7 Å². The number of hydrogen-bond acceptors (Lipinski definition) is 3. The Balaban J connectivity index is 2.98. The van der Waals surface area contributed by atoms with Gasteiger partial charge in [0.05, 0.1) is 11.1 Å². The van der Waals surface area contributed by atoms with Crippen LogP contribution in [0.4, 0.5) is 0 Å². The van der Waals surface area contributed by atoms with E-state index >= 15 is 0 Å². The van der Waals surface area contributed by atoms with Crippen molar-refractivity contribution in [3.05, 3.63) is 17.5 Å². The molecule has 0 aliphatic rings. The number of hydrogen-bond donors (Lipinski definition) is 2. The van der Waals surface area contributed by atoms with Gasteiger partial charge in [-0.2, -0.15) is 0 Å². The van der Waals surface area contributed by atoms with Gasteiger partial charge in [-0.25, -0.2) is 4.99 Å². The van der Waals surface area contributed by atoms with Gasteiger partial charge in [0.2, 0.25) is 0 Å². The number of carbonyl (C=O) groups excluding carboxylic acids is 1. The number of aromatic nitrogens is 1. The van der Waals surface area contributed by atoms with Gasteiger partial charge < -0.3 is 9.72 Å². The van der Waals surface area contributed by atoms with Crippen molar-refractivity contribution in [1.29, 1.82) is 5.41 Å². The number of H-pyrrole nitrogens is 1. The second kappa shape index (κ2) is 5.35. The lowest BCUT2D eigenvalue weighted by Gasteiger charge is -2.15. The SMILES string of the molecule is Cc1c(OC(=O)C(C)(C)C)c[nH]c1/C(Cl)=N\C=N. The Bertz CT molecular complexity index is 498. The standard InChI is InChI=1S/C12H16ClN3O2/c1-7-8(18-11(17)12(2,3)4)5-15-9(7)10(13)16-6-14/h5-6,14-15H,1-4H3/b14-6?,16-10+.